The topological polar surface area (TPSA) is 116 Å². The molecular formula is C25H25N5O4S. The van der Waals surface area contributed by atoms with Crippen molar-refractivity contribution >= 4 is 26.8 Å². The highest BCUT2D eigenvalue weighted by Crippen LogP contribution is 2.33. The molecule has 4 heterocycles. The zero-order chi connectivity index (χ0) is 24.6. The number of methoxy groups -OCH3 is 1. The maximum absolute atomic E-state index is 13.3. The van der Waals surface area contributed by atoms with E-state index in [1.54, 1.807) is 19.5 Å². The van der Waals surface area contributed by atoms with Crippen molar-refractivity contribution < 1.29 is 17.9 Å². The lowest BCUT2D eigenvalue weighted by atomic mass is 10.1. The van der Waals surface area contributed by atoms with Crippen LogP contribution in [0.2, 0.25) is 0 Å². The number of ether oxygens (including phenoxy) is 1. The Morgan fingerprint density at radius 2 is 2.06 bits per heavy atom. The van der Waals surface area contributed by atoms with Gasteiger partial charge in [-0.05, 0) is 43.2 Å². The number of aromatic nitrogens is 4. The van der Waals surface area contributed by atoms with Crippen molar-refractivity contribution in [3.05, 3.63) is 71.9 Å². The van der Waals surface area contributed by atoms with Crippen LogP contribution in [0.15, 0.2) is 54.9 Å². The molecule has 9 nitrogen and oxygen atoms in total. The summed E-state index contributed by atoms with van der Waals surface area (Å²) in [6, 6.07) is 12.7. The van der Waals surface area contributed by atoms with E-state index in [2.05, 4.69) is 15.3 Å². The van der Waals surface area contributed by atoms with Crippen LogP contribution in [-0.2, 0) is 16.4 Å². The first-order chi connectivity index (χ1) is 16.8. The molecule has 1 fully saturated rings. The molecule has 180 valence electrons. The quantitative estimate of drug-likeness (QED) is 0.441. The molecule has 1 amide bonds. The number of rotatable bonds is 6. The van der Waals surface area contributed by atoms with E-state index in [0.29, 0.717) is 41.3 Å². The minimum absolute atomic E-state index is 0.0542. The summed E-state index contributed by atoms with van der Waals surface area (Å²) < 4.78 is 31.7. The van der Waals surface area contributed by atoms with Crippen molar-refractivity contribution in [2.45, 2.75) is 25.9 Å². The second-order valence-corrected chi connectivity index (χ2v) is 10.8. The maximum Gasteiger partial charge on any atom is 0.272 e. The molecule has 0 spiro atoms. The van der Waals surface area contributed by atoms with Gasteiger partial charge in [0.05, 0.1) is 35.9 Å². The zero-order valence-electron chi connectivity index (χ0n) is 19.4. The molecule has 0 aliphatic carbocycles. The average Bonchev–Trinajstić information content (AvgIpc) is 3.39. The first-order valence-electron chi connectivity index (χ1n) is 11.3. The highest BCUT2D eigenvalue weighted by molar-refractivity contribution is 7.91. The van der Waals surface area contributed by atoms with Crippen LogP contribution in [0.4, 0.5) is 0 Å². The third kappa shape index (κ3) is 4.61. The number of sulfone groups is 1. The number of hydrogen-bond acceptors (Lipinski definition) is 7. The standard InChI is InChI=1S/C25H25N5O4S/c1-16-28-23-22(30(16)19-8-10-35(32,33)15-19)12-21(18-6-3-7-20(11-18)34-2)29-24(23)25(31)27-14-17-5-4-9-26-13-17/h3-7,9,11-13,19H,8,10,14-15H2,1-2H3,(H,27,31). The van der Waals surface area contributed by atoms with E-state index in [4.69, 9.17) is 9.72 Å². The van der Waals surface area contributed by atoms with Crippen molar-refractivity contribution in [3.8, 4) is 17.0 Å². The van der Waals surface area contributed by atoms with Gasteiger partial charge in [-0.15, -0.1) is 0 Å². The summed E-state index contributed by atoms with van der Waals surface area (Å²) in [6.07, 6.45) is 3.87. The number of amides is 1. The van der Waals surface area contributed by atoms with E-state index in [9.17, 15) is 13.2 Å². The minimum Gasteiger partial charge on any atom is -0.497 e. The molecule has 1 atom stereocenters. The Morgan fingerprint density at radius 1 is 1.20 bits per heavy atom. The fourth-order valence-corrected chi connectivity index (χ4v) is 6.21. The summed E-state index contributed by atoms with van der Waals surface area (Å²) in [7, 11) is -1.52. The Balaban J connectivity index is 1.63. The number of nitrogens with zero attached hydrogens (tertiary/aromatic N) is 4. The number of aryl methyl sites for hydroxylation is 1. The van der Waals surface area contributed by atoms with Gasteiger partial charge in [0, 0.05) is 24.5 Å². The van der Waals surface area contributed by atoms with Crippen LogP contribution in [0.25, 0.3) is 22.3 Å². The summed E-state index contributed by atoms with van der Waals surface area (Å²) in [4.78, 5) is 26.8. The van der Waals surface area contributed by atoms with E-state index in [-0.39, 0.29) is 29.1 Å². The summed E-state index contributed by atoms with van der Waals surface area (Å²) in [5.74, 6) is 1.14. The molecule has 1 unspecified atom stereocenters. The Morgan fingerprint density at radius 3 is 2.77 bits per heavy atom. The molecular weight excluding hydrogens is 466 g/mol. The smallest absolute Gasteiger partial charge is 0.272 e. The summed E-state index contributed by atoms with van der Waals surface area (Å²) in [6.45, 7) is 2.12. The lowest BCUT2D eigenvalue weighted by Crippen LogP contribution is -2.24. The molecule has 5 rings (SSSR count). The predicted octanol–water partition coefficient (Wildman–Crippen LogP) is 3.10. The average molecular weight is 492 g/mol. The molecule has 3 aromatic heterocycles. The van der Waals surface area contributed by atoms with Crippen molar-refractivity contribution in [1.82, 2.24) is 24.8 Å². The summed E-state index contributed by atoms with van der Waals surface area (Å²) in [5.41, 5.74) is 3.53. The summed E-state index contributed by atoms with van der Waals surface area (Å²) >= 11 is 0. The minimum atomic E-state index is -3.11. The molecule has 1 aromatic carbocycles. The third-order valence-electron chi connectivity index (χ3n) is 6.18. The van der Waals surface area contributed by atoms with Crippen molar-refractivity contribution in [1.29, 1.82) is 0 Å². The molecule has 1 aliphatic rings. The van der Waals surface area contributed by atoms with Gasteiger partial charge >= 0.3 is 0 Å². The predicted molar refractivity (Wildman–Crippen MR) is 132 cm³/mol. The SMILES string of the molecule is COc1cccc(-c2cc3c(nc(C)n3C3CCS(=O)(=O)C3)c(C(=O)NCc3cccnc3)n2)c1. The van der Waals surface area contributed by atoms with Crippen molar-refractivity contribution in [3.63, 3.8) is 0 Å². The van der Waals surface area contributed by atoms with Gasteiger partial charge in [0.2, 0.25) is 0 Å². The molecule has 0 bridgehead atoms. The number of pyridine rings is 2. The summed E-state index contributed by atoms with van der Waals surface area (Å²) in [5, 5.41) is 2.91. The monoisotopic (exact) mass is 491 g/mol. The Kier molecular flexibility index (Phi) is 5.98. The van der Waals surface area contributed by atoms with Gasteiger partial charge in [-0.25, -0.2) is 18.4 Å². The fourth-order valence-electron chi connectivity index (χ4n) is 4.51. The number of hydrogen-bond donors (Lipinski definition) is 1. The third-order valence-corrected chi connectivity index (χ3v) is 7.93. The molecule has 0 radical (unpaired) electrons. The zero-order valence-corrected chi connectivity index (χ0v) is 20.2. The van der Waals surface area contributed by atoms with E-state index >= 15 is 0 Å². The normalized spacial score (nSPS) is 16.9. The molecule has 1 saturated heterocycles. The lowest BCUT2D eigenvalue weighted by molar-refractivity contribution is 0.0947. The first kappa shape index (κ1) is 23.0. The molecule has 1 aliphatic heterocycles. The van der Waals surface area contributed by atoms with Crippen LogP contribution in [0.5, 0.6) is 5.75 Å². The van der Waals surface area contributed by atoms with E-state index in [0.717, 1.165) is 11.1 Å². The Labute approximate surface area is 203 Å². The number of fused-ring (bicyclic) bond motifs is 1. The highest BCUT2D eigenvalue weighted by Gasteiger charge is 2.32. The second-order valence-electron chi connectivity index (χ2n) is 8.59. The van der Waals surface area contributed by atoms with E-state index < -0.39 is 9.84 Å². The van der Waals surface area contributed by atoms with Gasteiger partial charge < -0.3 is 14.6 Å². The van der Waals surface area contributed by atoms with Gasteiger partial charge in [0.25, 0.3) is 5.91 Å². The highest BCUT2D eigenvalue weighted by atomic mass is 32.2. The Hall–Kier alpha value is -3.79. The number of benzene rings is 1. The van der Waals surface area contributed by atoms with Crippen LogP contribution < -0.4 is 10.1 Å². The molecule has 10 heteroatoms. The van der Waals surface area contributed by atoms with Crippen LogP contribution in [0.3, 0.4) is 0 Å². The van der Waals surface area contributed by atoms with E-state index in [1.165, 1.54) is 0 Å². The molecule has 35 heavy (non-hydrogen) atoms. The maximum atomic E-state index is 13.3. The second kappa shape index (κ2) is 9.10. The molecule has 0 saturated carbocycles. The van der Waals surface area contributed by atoms with Crippen LogP contribution in [0, 0.1) is 6.92 Å². The van der Waals surface area contributed by atoms with Crippen LogP contribution in [0.1, 0.15) is 34.3 Å². The molecule has 4 aromatic rings. The van der Waals surface area contributed by atoms with Crippen LogP contribution in [-0.4, -0.2) is 52.5 Å². The van der Waals surface area contributed by atoms with Gasteiger partial charge in [-0.1, -0.05) is 18.2 Å². The van der Waals surface area contributed by atoms with Crippen LogP contribution >= 0.6 is 0 Å². The van der Waals surface area contributed by atoms with Gasteiger partial charge in [-0.2, -0.15) is 0 Å². The van der Waals surface area contributed by atoms with E-state index in [1.807, 2.05) is 54.0 Å². The van der Waals surface area contributed by atoms with Crippen molar-refractivity contribution in [2.24, 2.45) is 0 Å². The largest absolute Gasteiger partial charge is 0.497 e. The number of carbonyl (C=O) groups excluding carboxylic acids is 1. The first-order valence-corrected chi connectivity index (χ1v) is 13.1. The number of nitrogens with one attached hydrogen (secondary N) is 1. The Bertz CT molecular complexity index is 1520. The van der Waals surface area contributed by atoms with Crippen molar-refractivity contribution in [2.75, 3.05) is 18.6 Å². The number of imidazole rings is 1. The number of carbonyl (C=O) groups is 1. The lowest BCUT2D eigenvalue weighted by Gasteiger charge is -2.15. The van der Waals surface area contributed by atoms with Gasteiger partial charge in [0.15, 0.2) is 15.5 Å². The van der Waals surface area contributed by atoms with Gasteiger partial charge in [0.1, 0.15) is 17.1 Å². The fraction of sp³-hybridized carbons (Fsp3) is 0.280. The van der Waals surface area contributed by atoms with Gasteiger partial charge in [-0.3, -0.25) is 9.78 Å². The molecule has 1 N–H and O–H groups in total.